The van der Waals surface area contributed by atoms with Crippen LogP contribution in [0, 0.1) is 0 Å². The molecular formula is C21H45BrO9P2. The van der Waals surface area contributed by atoms with Crippen molar-refractivity contribution >= 4 is 31.1 Å². The standard InChI is InChI=1S/C21H45BrO9P2/c1-17(2)28-32(23,29-18(3)4)21(33(24,30-19(5)6)31-20(7)8)9-11-25-13-15-27-16-14-26-12-10-22/h17-21H,9-16H2,1-8H3. The molecular weight excluding hydrogens is 538 g/mol. The molecule has 0 aliphatic carbocycles. The molecule has 0 rings (SSSR count). The maximum atomic E-state index is 14.0. The van der Waals surface area contributed by atoms with Gasteiger partial charge in [0.1, 0.15) is 0 Å². The van der Waals surface area contributed by atoms with Crippen LogP contribution in [0.1, 0.15) is 61.8 Å². The molecule has 0 bridgehead atoms. The molecule has 0 aliphatic heterocycles. The predicted octanol–water partition coefficient (Wildman–Crippen LogP) is 6.23. The van der Waals surface area contributed by atoms with E-state index in [-0.39, 0.29) is 13.0 Å². The van der Waals surface area contributed by atoms with Gasteiger partial charge in [-0.1, -0.05) is 15.9 Å². The van der Waals surface area contributed by atoms with Crippen molar-refractivity contribution in [1.82, 2.24) is 0 Å². The second kappa shape index (κ2) is 18.0. The third-order valence-electron chi connectivity index (χ3n) is 3.65. The summed E-state index contributed by atoms with van der Waals surface area (Å²) < 4.78 is 67.4. The molecule has 0 aromatic heterocycles. The molecule has 0 aromatic carbocycles. The first-order valence-electron chi connectivity index (χ1n) is 11.6. The fourth-order valence-corrected chi connectivity index (χ4v) is 8.90. The fourth-order valence-electron chi connectivity index (χ4n) is 2.78. The number of hydrogen-bond donors (Lipinski definition) is 0. The van der Waals surface area contributed by atoms with Gasteiger partial charge in [0.15, 0.2) is 5.40 Å². The smallest absolute Gasteiger partial charge is 0.346 e. The molecule has 0 fully saturated rings. The van der Waals surface area contributed by atoms with Gasteiger partial charge in [-0.25, -0.2) is 0 Å². The van der Waals surface area contributed by atoms with Crippen LogP contribution in [-0.4, -0.2) is 74.8 Å². The number of rotatable bonds is 21. The molecule has 9 nitrogen and oxygen atoms in total. The average molecular weight is 583 g/mol. The molecule has 0 saturated heterocycles. The normalized spacial score (nSPS) is 13.4. The number of ether oxygens (including phenoxy) is 3. The zero-order chi connectivity index (χ0) is 25.5. The molecule has 33 heavy (non-hydrogen) atoms. The highest BCUT2D eigenvalue weighted by atomic mass is 79.9. The number of alkyl halides is 1. The third kappa shape index (κ3) is 15.4. The summed E-state index contributed by atoms with van der Waals surface area (Å²) in [6.45, 7) is 16.5. The third-order valence-corrected chi connectivity index (χ3v) is 10.5. The lowest BCUT2D eigenvalue weighted by molar-refractivity contribution is 0.0166. The van der Waals surface area contributed by atoms with E-state index in [1.807, 2.05) is 0 Å². The largest absolute Gasteiger partial charge is 0.379 e. The minimum Gasteiger partial charge on any atom is -0.379 e. The minimum atomic E-state index is -3.90. The van der Waals surface area contributed by atoms with Gasteiger partial charge in [0.25, 0.3) is 0 Å². The van der Waals surface area contributed by atoms with E-state index in [0.717, 1.165) is 5.33 Å². The highest BCUT2D eigenvalue weighted by Crippen LogP contribution is 2.72. The summed E-state index contributed by atoms with van der Waals surface area (Å²) in [6, 6.07) is 0. The van der Waals surface area contributed by atoms with E-state index in [1.165, 1.54) is 0 Å². The summed E-state index contributed by atoms with van der Waals surface area (Å²) in [6.07, 6.45) is -1.54. The van der Waals surface area contributed by atoms with Crippen LogP contribution < -0.4 is 0 Å². The van der Waals surface area contributed by atoms with E-state index in [4.69, 9.17) is 32.3 Å². The molecule has 0 N–H and O–H groups in total. The summed E-state index contributed by atoms with van der Waals surface area (Å²) in [7, 11) is -7.80. The molecule has 0 heterocycles. The van der Waals surface area contributed by atoms with Crippen molar-refractivity contribution in [3.8, 4) is 0 Å². The summed E-state index contributed by atoms with van der Waals surface area (Å²) in [5.41, 5.74) is 0. The van der Waals surface area contributed by atoms with Crippen molar-refractivity contribution in [3.05, 3.63) is 0 Å². The van der Waals surface area contributed by atoms with Crippen molar-refractivity contribution in [2.45, 2.75) is 91.6 Å². The Labute approximate surface area is 209 Å². The summed E-state index contributed by atoms with van der Waals surface area (Å²) >= 11 is 3.29. The SMILES string of the molecule is CC(C)OP(=O)(OC(C)C)C(CCOCCOCCOCCBr)P(=O)(OC(C)C)OC(C)C. The van der Waals surface area contributed by atoms with E-state index >= 15 is 0 Å². The maximum absolute atomic E-state index is 14.0. The van der Waals surface area contributed by atoms with Gasteiger partial charge >= 0.3 is 15.2 Å². The molecule has 0 radical (unpaired) electrons. The monoisotopic (exact) mass is 582 g/mol. The zero-order valence-electron chi connectivity index (χ0n) is 21.5. The molecule has 0 aliphatic rings. The Hall–Kier alpha value is 0.660. The quantitative estimate of drug-likeness (QED) is 0.0884. The Bertz CT molecular complexity index is 522. The summed E-state index contributed by atoms with van der Waals surface area (Å²) in [5.74, 6) is 0. The lowest BCUT2D eigenvalue weighted by Gasteiger charge is -2.35. The zero-order valence-corrected chi connectivity index (χ0v) is 24.9. The van der Waals surface area contributed by atoms with Crippen molar-refractivity contribution in [3.63, 3.8) is 0 Å². The Morgan fingerprint density at radius 1 is 0.545 bits per heavy atom. The van der Waals surface area contributed by atoms with Crippen LogP contribution in [0.3, 0.4) is 0 Å². The highest BCUT2D eigenvalue weighted by Gasteiger charge is 2.52. The number of halogens is 1. The molecule has 12 heteroatoms. The van der Waals surface area contributed by atoms with Crippen molar-refractivity contribution in [2.75, 3.05) is 45.0 Å². The Morgan fingerprint density at radius 2 is 0.848 bits per heavy atom. The van der Waals surface area contributed by atoms with Crippen LogP contribution in [0.2, 0.25) is 0 Å². The predicted molar refractivity (Wildman–Crippen MR) is 135 cm³/mol. The second-order valence-electron chi connectivity index (χ2n) is 8.49. The summed E-state index contributed by atoms with van der Waals surface area (Å²) in [5, 5.41) is -0.342. The molecule has 0 aromatic rings. The Kier molecular flexibility index (Phi) is 18.3. The lowest BCUT2D eigenvalue weighted by Crippen LogP contribution is -2.25. The van der Waals surface area contributed by atoms with E-state index < -0.39 is 45.0 Å². The van der Waals surface area contributed by atoms with Gasteiger partial charge in [-0.15, -0.1) is 0 Å². The minimum absolute atomic E-state index is 0.113. The molecule has 0 spiro atoms. The Morgan fingerprint density at radius 3 is 1.15 bits per heavy atom. The molecule has 0 unspecified atom stereocenters. The topological polar surface area (TPSA) is 98.8 Å². The van der Waals surface area contributed by atoms with Crippen LogP contribution >= 0.6 is 31.1 Å². The van der Waals surface area contributed by atoms with E-state index in [1.54, 1.807) is 55.4 Å². The number of hydrogen-bond acceptors (Lipinski definition) is 9. The van der Waals surface area contributed by atoms with Crippen LogP contribution in [0.15, 0.2) is 0 Å². The molecule has 0 saturated carbocycles. The van der Waals surface area contributed by atoms with Gasteiger partial charge in [-0.3, -0.25) is 9.13 Å². The first-order chi connectivity index (χ1) is 15.4. The first-order valence-corrected chi connectivity index (χ1v) is 15.9. The average Bonchev–Trinajstić information content (AvgIpc) is 2.63. The molecule has 200 valence electrons. The highest BCUT2D eigenvalue weighted by molar-refractivity contribution is 9.09. The van der Waals surface area contributed by atoms with Crippen LogP contribution in [0.5, 0.6) is 0 Å². The van der Waals surface area contributed by atoms with Gasteiger partial charge in [-0.05, 0) is 61.8 Å². The van der Waals surface area contributed by atoms with Gasteiger partial charge in [0, 0.05) is 11.9 Å². The van der Waals surface area contributed by atoms with Crippen LogP contribution in [0.25, 0.3) is 0 Å². The second-order valence-corrected chi connectivity index (χ2v) is 13.9. The maximum Gasteiger partial charge on any atom is 0.346 e. The summed E-state index contributed by atoms with van der Waals surface area (Å²) in [4.78, 5) is 0. The lowest BCUT2D eigenvalue weighted by atomic mass is 10.5. The van der Waals surface area contributed by atoms with Crippen LogP contribution in [0.4, 0.5) is 0 Å². The fraction of sp³-hybridized carbons (Fsp3) is 1.00. The molecule has 0 atom stereocenters. The van der Waals surface area contributed by atoms with E-state index in [9.17, 15) is 9.13 Å². The van der Waals surface area contributed by atoms with Gasteiger partial charge in [-0.2, -0.15) is 0 Å². The van der Waals surface area contributed by atoms with E-state index in [2.05, 4.69) is 15.9 Å². The van der Waals surface area contributed by atoms with Crippen molar-refractivity contribution < 1.29 is 41.4 Å². The van der Waals surface area contributed by atoms with Crippen molar-refractivity contribution in [1.29, 1.82) is 0 Å². The van der Waals surface area contributed by atoms with Crippen LogP contribution in [-0.2, 0) is 41.4 Å². The first kappa shape index (κ1) is 33.7. The van der Waals surface area contributed by atoms with Crippen molar-refractivity contribution in [2.24, 2.45) is 0 Å². The molecule has 0 amide bonds. The van der Waals surface area contributed by atoms with Gasteiger partial charge < -0.3 is 32.3 Å². The Balaban J connectivity index is 5.36. The van der Waals surface area contributed by atoms with Gasteiger partial charge in [0.2, 0.25) is 0 Å². The van der Waals surface area contributed by atoms with E-state index in [0.29, 0.717) is 33.0 Å². The van der Waals surface area contributed by atoms with Gasteiger partial charge in [0.05, 0.1) is 57.5 Å².